The molecule has 0 saturated carbocycles. The fourth-order valence-corrected chi connectivity index (χ4v) is 2.88. The third-order valence-electron chi connectivity index (χ3n) is 4.42. The van der Waals surface area contributed by atoms with E-state index in [0.717, 1.165) is 31.4 Å². The van der Waals surface area contributed by atoms with Gasteiger partial charge in [0.25, 0.3) is 0 Å². The summed E-state index contributed by atoms with van der Waals surface area (Å²) in [5, 5.41) is 0. The zero-order chi connectivity index (χ0) is 18.5. The van der Waals surface area contributed by atoms with Crippen LogP contribution in [0.5, 0.6) is 0 Å². The van der Waals surface area contributed by atoms with Crippen molar-refractivity contribution in [1.82, 2.24) is 0 Å². The molecule has 2 nitrogen and oxygen atoms in total. The number of benzene rings is 1. The van der Waals surface area contributed by atoms with Gasteiger partial charge in [-0.3, -0.25) is 0 Å². The molecule has 0 amide bonds. The van der Waals surface area contributed by atoms with Crippen LogP contribution in [0.1, 0.15) is 94.8 Å². The average molecular weight is 354 g/mol. The lowest BCUT2D eigenvalue weighted by molar-refractivity contribution is 0.0314. The van der Waals surface area contributed by atoms with Crippen LogP contribution >= 0.6 is 0 Å². The van der Waals surface area contributed by atoms with Gasteiger partial charge in [0.15, 0.2) is 0 Å². The Morgan fingerprint density at radius 2 is 1.52 bits per heavy atom. The lowest BCUT2D eigenvalue weighted by Gasteiger charge is -2.13. The molecule has 0 fully saturated rings. The van der Waals surface area contributed by atoms with Crippen molar-refractivity contribution in [2.75, 3.05) is 0 Å². The molecule has 0 aromatic heterocycles. The van der Waals surface area contributed by atoms with Gasteiger partial charge in [0.05, 0.1) is 11.7 Å². The Bertz CT molecular complexity index is 503. The number of unbranched alkanes of at least 4 members (excludes halogenated alkanes) is 9. The van der Waals surface area contributed by atoms with E-state index in [1.807, 2.05) is 6.92 Å². The summed E-state index contributed by atoms with van der Waals surface area (Å²) in [6.45, 7) is 4.04. The predicted octanol–water partition coefficient (Wildman–Crippen LogP) is 6.82. The highest BCUT2D eigenvalue weighted by atomic mass is 19.1. The molecule has 0 saturated heterocycles. The summed E-state index contributed by atoms with van der Waals surface area (Å²) in [5.41, 5.74) is -0.212. The second-order valence-corrected chi connectivity index (χ2v) is 6.81. The van der Waals surface area contributed by atoms with Crippen molar-refractivity contribution >= 4 is 5.97 Å². The Hall–Kier alpha value is -1.45. The molecular formula is C21H32F2O2. The zero-order valence-electron chi connectivity index (χ0n) is 15.7. The SMILES string of the molecule is CCCCCCCCCCCCC(C)OC(=O)c1ccc(F)cc1F. The lowest BCUT2D eigenvalue weighted by Crippen LogP contribution is -2.16. The van der Waals surface area contributed by atoms with E-state index >= 15 is 0 Å². The van der Waals surface area contributed by atoms with Crippen molar-refractivity contribution in [1.29, 1.82) is 0 Å². The fraction of sp³-hybridized carbons (Fsp3) is 0.667. The van der Waals surface area contributed by atoms with Crippen molar-refractivity contribution < 1.29 is 18.3 Å². The van der Waals surface area contributed by atoms with Crippen LogP contribution in [0.4, 0.5) is 8.78 Å². The van der Waals surface area contributed by atoms with E-state index in [9.17, 15) is 13.6 Å². The monoisotopic (exact) mass is 354 g/mol. The van der Waals surface area contributed by atoms with Gasteiger partial charge in [-0.05, 0) is 31.9 Å². The van der Waals surface area contributed by atoms with Crippen molar-refractivity contribution in [3.8, 4) is 0 Å². The van der Waals surface area contributed by atoms with Crippen LogP contribution < -0.4 is 0 Å². The molecular weight excluding hydrogens is 322 g/mol. The summed E-state index contributed by atoms with van der Waals surface area (Å²) in [7, 11) is 0. The Morgan fingerprint density at radius 1 is 0.960 bits per heavy atom. The number of hydrogen-bond donors (Lipinski definition) is 0. The van der Waals surface area contributed by atoms with Gasteiger partial charge in [0.1, 0.15) is 11.6 Å². The summed E-state index contributed by atoms with van der Waals surface area (Å²) < 4.78 is 31.6. The van der Waals surface area contributed by atoms with Crippen LogP contribution in [0.25, 0.3) is 0 Å². The third-order valence-corrected chi connectivity index (χ3v) is 4.42. The Kier molecular flexibility index (Phi) is 11.1. The first-order valence-electron chi connectivity index (χ1n) is 9.70. The van der Waals surface area contributed by atoms with Crippen LogP contribution in [0.2, 0.25) is 0 Å². The van der Waals surface area contributed by atoms with Gasteiger partial charge in [-0.25, -0.2) is 13.6 Å². The van der Waals surface area contributed by atoms with Crippen LogP contribution in [0.3, 0.4) is 0 Å². The Balaban J connectivity index is 2.08. The Morgan fingerprint density at radius 3 is 2.08 bits per heavy atom. The van der Waals surface area contributed by atoms with Crippen LogP contribution in [-0.4, -0.2) is 12.1 Å². The van der Waals surface area contributed by atoms with E-state index in [1.165, 1.54) is 51.4 Å². The molecule has 1 aromatic rings. The van der Waals surface area contributed by atoms with Crippen LogP contribution in [-0.2, 0) is 4.74 Å². The quantitative estimate of drug-likeness (QED) is 0.287. The minimum atomic E-state index is -0.879. The van der Waals surface area contributed by atoms with Crippen molar-refractivity contribution in [3.05, 3.63) is 35.4 Å². The maximum atomic E-state index is 13.5. The molecule has 1 unspecified atom stereocenters. The summed E-state index contributed by atoms with van der Waals surface area (Å²) in [6, 6.07) is 2.89. The smallest absolute Gasteiger partial charge is 0.341 e. The van der Waals surface area contributed by atoms with Gasteiger partial charge in [0, 0.05) is 6.07 Å². The molecule has 0 radical (unpaired) electrons. The minimum Gasteiger partial charge on any atom is -0.459 e. The summed E-state index contributed by atoms with van der Waals surface area (Å²) in [4.78, 5) is 11.9. The molecule has 1 atom stereocenters. The van der Waals surface area contributed by atoms with E-state index < -0.39 is 17.6 Å². The number of carbonyl (C=O) groups is 1. The number of esters is 1. The summed E-state index contributed by atoms with van der Waals surface area (Å²) >= 11 is 0. The molecule has 1 aromatic carbocycles. The molecule has 0 N–H and O–H groups in total. The zero-order valence-corrected chi connectivity index (χ0v) is 15.7. The number of ether oxygens (including phenoxy) is 1. The molecule has 4 heteroatoms. The maximum absolute atomic E-state index is 13.5. The number of rotatable bonds is 13. The first kappa shape index (κ1) is 21.6. The second kappa shape index (κ2) is 12.8. The molecule has 1 rings (SSSR count). The van der Waals surface area contributed by atoms with Gasteiger partial charge < -0.3 is 4.74 Å². The van der Waals surface area contributed by atoms with E-state index in [2.05, 4.69) is 6.92 Å². The van der Waals surface area contributed by atoms with E-state index in [1.54, 1.807) is 0 Å². The molecule has 0 spiro atoms. The fourth-order valence-electron chi connectivity index (χ4n) is 2.88. The minimum absolute atomic E-state index is 0.212. The van der Waals surface area contributed by atoms with Gasteiger partial charge in [0.2, 0.25) is 0 Å². The summed E-state index contributed by atoms with van der Waals surface area (Å²) in [5.74, 6) is -2.30. The summed E-state index contributed by atoms with van der Waals surface area (Å²) in [6.07, 6.45) is 13.1. The first-order chi connectivity index (χ1) is 12.0. The van der Waals surface area contributed by atoms with Gasteiger partial charge >= 0.3 is 5.97 Å². The molecule has 25 heavy (non-hydrogen) atoms. The third kappa shape index (κ3) is 9.57. The van der Waals surface area contributed by atoms with Gasteiger partial charge in [-0.15, -0.1) is 0 Å². The van der Waals surface area contributed by atoms with Crippen molar-refractivity contribution in [2.24, 2.45) is 0 Å². The normalized spacial score (nSPS) is 12.2. The molecule has 142 valence electrons. The number of halogens is 2. The highest BCUT2D eigenvalue weighted by Gasteiger charge is 2.16. The molecule has 0 bridgehead atoms. The molecule has 0 aliphatic carbocycles. The highest BCUT2D eigenvalue weighted by molar-refractivity contribution is 5.89. The maximum Gasteiger partial charge on any atom is 0.341 e. The molecule has 0 heterocycles. The largest absolute Gasteiger partial charge is 0.459 e. The number of carbonyl (C=O) groups excluding carboxylic acids is 1. The predicted molar refractivity (Wildman–Crippen MR) is 97.7 cm³/mol. The standard InChI is InChI=1S/C21H32F2O2/c1-3-4-5-6-7-8-9-10-11-12-13-17(2)25-21(24)19-15-14-18(22)16-20(19)23/h14-17H,3-13H2,1-2H3. The van der Waals surface area contributed by atoms with Crippen molar-refractivity contribution in [3.63, 3.8) is 0 Å². The van der Waals surface area contributed by atoms with Crippen LogP contribution in [0, 0.1) is 11.6 Å². The first-order valence-corrected chi connectivity index (χ1v) is 9.70. The van der Waals surface area contributed by atoms with Gasteiger partial charge in [-0.1, -0.05) is 64.7 Å². The molecule has 0 aliphatic rings. The van der Waals surface area contributed by atoms with E-state index in [-0.39, 0.29) is 11.7 Å². The highest BCUT2D eigenvalue weighted by Crippen LogP contribution is 2.15. The van der Waals surface area contributed by atoms with Crippen LogP contribution in [0.15, 0.2) is 18.2 Å². The van der Waals surface area contributed by atoms with Gasteiger partial charge in [-0.2, -0.15) is 0 Å². The van der Waals surface area contributed by atoms with E-state index in [0.29, 0.717) is 6.07 Å². The second-order valence-electron chi connectivity index (χ2n) is 6.81. The Labute approximate surface area is 151 Å². The molecule has 0 aliphatic heterocycles. The van der Waals surface area contributed by atoms with Crippen molar-refractivity contribution in [2.45, 2.75) is 90.6 Å². The lowest BCUT2D eigenvalue weighted by atomic mass is 10.0. The topological polar surface area (TPSA) is 26.3 Å². The number of hydrogen-bond acceptors (Lipinski definition) is 2. The van der Waals surface area contributed by atoms with E-state index in [4.69, 9.17) is 4.74 Å². The average Bonchev–Trinajstić information content (AvgIpc) is 2.56.